The fraction of sp³-hybridized carbons (Fsp3) is 0.125. The Hall–Kier alpha value is -2.46. The van der Waals surface area contributed by atoms with Crippen molar-refractivity contribution >= 4 is 0 Å². The lowest BCUT2D eigenvalue weighted by atomic mass is 10.1. The summed E-state index contributed by atoms with van der Waals surface area (Å²) in [4.78, 5) is 3.97. The first-order chi connectivity index (χ1) is 9.83. The molecule has 0 bridgehead atoms. The molecule has 1 atom stereocenters. The van der Waals surface area contributed by atoms with Crippen LogP contribution < -0.4 is 0 Å². The summed E-state index contributed by atoms with van der Waals surface area (Å²) in [7, 11) is 0. The molecular formula is C16H15N3O. The van der Waals surface area contributed by atoms with Gasteiger partial charge in [-0.3, -0.25) is 4.98 Å². The van der Waals surface area contributed by atoms with Crippen LogP contribution in [-0.4, -0.2) is 19.9 Å². The van der Waals surface area contributed by atoms with E-state index in [1.54, 1.807) is 17.1 Å². The summed E-state index contributed by atoms with van der Waals surface area (Å²) in [6.07, 6.45) is 5.24. The molecule has 1 aromatic carbocycles. The largest absolute Gasteiger partial charge is 0.386 e. The van der Waals surface area contributed by atoms with Crippen LogP contribution in [-0.2, 0) is 6.42 Å². The molecule has 0 fully saturated rings. The monoisotopic (exact) mass is 265 g/mol. The third-order valence-corrected chi connectivity index (χ3v) is 3.15. The van der Waals surface area contributed by atoms with Gasteiger partial charge < -0.3 is 5.11 Å². The number of rotatable bonds is 4. The highest BCUT2D eigenvalue weighted by Gasteiger charge is 2.12. The molecule has 3 aromatic rings. The van der Waals surface area contributed by atoms with Crippen LogP contribution in [0.5, 0.6) is 0 Å². The molecule has 0 amide bonds. The van der Waals surface area contributed by atoms with E-state index in [9.17, 15) is 5.11 Å². The predicted octanol–water partition coefficient (Wildman–Crippen LogP) is 2.54. The molecule has 2 aromatic heterocycles. The van der Waals surface area contributed by atoms with Crippen LogP contribution >= 0.6 is 0 Å². The van der Waals surface area contributed by atoms with E-state index in [2.05, 4.69) is 10.1 Å². The first-order valence-electron chi connectivity index (χ1n) is 6.51. The minimum absolute atomic E-state index is 0.536. The van der Waals surface area contributed by atoms with Gasteiger partial charge in [-0.2, -0.15) is 5.10 Å². The number of hydrogen-bond acceptors (Lipinski definition) is 3. The number of aromatic nitrogens is 3. The number of aliphatic hydroxyl groups excluding tert-OH is 1. The second-order valence-electron chi connectivity index (χ2n) is 4.60. The predicted molar refractivity (Wildman–Crippen MR) is 76.5 cm³/mol. The van der Waals surface area contributed by atoms with E-state index in [1.807, 2.05) is 54.7 Å². The van der Waals surface area contributed by atoms with Gasteiger partial charge in [0.1, 0.15) is 6.10 Å². The Balaban J connectivity index is 1.77. The van der Waals surface area contributed by atoms with Crippen molar-refractivity contribution in [2.45, 2.75) is 12.5 Å². The van der Waals surface area contributed by atoms with Gasteiger partial charge in [0.2, 0.25) is 0 Å². The van der Waals surface area contributed by atoms with Crippen LogP contribution in [0.15, 0.2) is 67.1 Å². The Morgan fingerprint density at radius 2 is 1.75 bits per heavy atom. The third-order valence-electron chi connectivity index (χ3n) is 3.15. The van der Waals surface area contributed by atoms with Crippen molar-refractivity contribution in [2.75, 3.05) is 0 Å². The molecule has 1 N–H and O–H groups in total. The molecule has 0 aliphatic carbocycles. The van der Waals surface area contributed by atoms with E-state index >= 15 is 0 Å². The molecule has 0 spiro atoms. The SMILES string of the molecule is OC(Cc1ccncc1)c1ccn(-c2ccccc2)n1. The number of nitrogens with zero attached hydrogens (tertiary/aromatic N) is 3. The Morgan fingerprint density at radius 1 is 1.00 bits per heavy atom. The lowest BCUT2D eigenvalue weighted by molar-refractivity contribution is 0.173. The van der Waals surface area contributed by atoms with E-state index in [-0.39, 0.29) is 0 Å². The molecule has 2 heterocycles. The maximum absolute atomic E-state index is 10.2. The molecule has 0 saturated heterocycles. The molecule has 100 valence electrons. The van der Waals surface area contributed by atoms with Gasteiger partial charge >= 0.3 is 0 Å². The number of pyridine rings is 1. The lowest BCUT2D eigenvalue weighted by Gasteiger charge is -2.07. The number of hydrogen-bond donors (Lipinski definition) is 1. The minimum atomic E-state index is -0.609. The zero-order valence-electron chi connectivity index (χ0n) is 10.9. The molecule has 20 heavy (non-hydrogen) atoms. The smallest absolute Gasteiger partial charge is 0.102 e. The summed E-state index contributed by atoms with van der Waals surface area (Å²) in [6, 6.07) is 15.5. The quantitative estimate of drug-likeness (QED) is 0.788. The Bertz CT molecular complexity index is 664. The van der Waals surface area contributed by atoms with Crippen molar-refractivity contribution in [3.63, 3.8) is 0 Å². The van der Waals surface area contributed by atoms with Gasteiger partial charge in [-0.15, -0.1) is 0 Å². The fourth-order valence-electron chi connectivity index (χ4n) is 2.09. The van der Waals surface area contributed by atoms with E-state index < -0.39 is 6.10 Å². The highest BCUT2D eigenvalue weighted by molar-refractivity contribution is 5.30. The summed E-state index contributed by atoms with van der Waals surface area (Å²) in [5, 5.41) is 14.7. The Morgan fingerprint density at radius 3 is 2.50 bits per heavy atom. The minimum Gasteiger partial charge on any atom is -0.386 e. The normalized spacial score (nSPS) is 12.2. The average Bonchev–Trinajstić information content (AvgIpc) is 2.99. The number of aliphatic hydroxyl groups is 1. The van der Waals surface area contributed by atoms with Crippen molar-refractivity contribution in [3.8, 4) is 5.69 Å². The van der Waals surface area contributed by atoms with Crippen LogP contribution in [0, 0.1) is 0 Å². The average molecular weight is 265 g/mol. The summed E-state index contributed by atoms with van der Waals surface area (Å²) >= 11 is 0. The maximum Gasteiger partial charge on any atom is 0.102 e. The summed E-state index contributed by atoms with van der Waals surface area (Å²) in [5.41, 5.74) is 2.70. The second-order valence-corrected chi connectivity index (χ2v) is 4.60. The van der Waals surface area contributed by atoms with Crippen LogP contribution in [0.3, 0.4) is 0 Å². The first-order valence-corrected chi connectivity index (χ1v) is 6.51. The second kappa shape index (κ2) is 5.67. The standard InChI is InChI=1S/C16H15N3O/c20-16(12-13-6-9-17-10-7-13)15-8-11-19(18-15)14-4-2-1-3-5-14/h1-11,16,20H,12H2. The van der Waals surface area contributed by atoms with Gasteiger partial charge in [0.15, 0.2) is 0 Å². The summed E-state index contributed by atoms with van der Waals surface area (Å²) in [6.45, 7) is 0. The van der Waals surface area contributed by atoms with Gasteiger partial charge in [0.25, 0.3) is 0 Å². The van der Waals surface area contributed by atoms with Gasteiger partial charge in [-0.1, -0.05) is 18.2 Å². The lowest BCUT2D eigenvalue weighted by Crippen LogP contribution is -2.04. The van der Waals surface area contributed by atoms with E-state index in [0.717, 1.165) is 11.3 Å². The molecule has 0 aliphatic rings. The highest BCUT2D eigenvalue weighted by atomic mass is 16.3. The van der Waals surface area contributed by atoms with Gasteiger partial charge in [0, 0.05) is 25.0 Å². The van der Waals surface area contributed by atoms with Crippen molar-refractivity contribution in [1.82, 2.24) is 14.8 Å². The van der Waals surface area contributed by atoms with E-state index in [4.69, 9.17) is 0 Å². The van der Waals surface area contributed by atoms with Crippen molar-refractivity contribution in [2.24, 2.45) is 0 Å². The molecule has 3 rings (SSSR count). The van der Waals surface area contributed by atoms with Gasteiger partial charge in [-0.25, -0.2) is 4.68 Å². The van der Waals surface area contributed by atoms with E-state index in [0.29, 0.717) is 12.1 Å². The molecular weight excluding hydrogens is 250 g/mol. The fourth-order valence-corrected chi connectivity index (χ4v) is 2.09. The molecule has 4 heteroatoms. The molecule has 0 aliphatic heterocycles. The van der Waals surface area contributed by atoms with Crippen molar-refractivity contribution < 1.29 is 5.11 Å². The van der Waals surface area contributed by atoms with Crippen LogP contribution in [0.4, 0.5) is 0 Å². The first kappa shape index (κ1) is 12.6. The van der Waals surface area contributed by atoms with Crippen molar-refractivity contribution in [3.05, 3.63) is 78.4 Å². The summed E-state index contributed by atoms with van der Waals surface area (Å²) in [5.74, 6) is 0. The molecule has 4 nitrogen and oxygen atoms in total. The molecule has 0 saturated carbocycles. The van der Waals surface area contributed by atoms with Gasteiger partial charge in [-0.05, 0) is 35.9 Å². The third kappa shape index (κ3) is 2.75. The zero-order valence-corrected chi connectivity index (χ0v) is 10.9. The van der Waals surface area contributed by atoms with E-state index in [1.165, 1.54) is 0 Å². The maximum atomic E-state index is 10.2. The van der Waals surface area contributed by atoms with Crippen molar-refractivity contribution in [1.29, 1.82) is 0 Å². The number of para-hydroxylation sites is 1. The highest BCUT2D eigenvalue weighted by Crippen LogP contribution is 2.17. The Kier molecular flexibility index (Phi) is 3.56. The summed E-state index contributed by atoms with van der Waals surface area (Å²) < 4.78 is 1.77. The zero-order chi connectivity index (χ0) is 13.8. The molecule has 0 radical (unpaired) electrons. The van der Waals surface area contributed by atoms with Gasteiger partial charge in [0.05, 0.1) is 11.4 Å². The van der Waals surface area contributed by atoms with Crippen LogP contribution in [0.2, 0.25) is 0 Å². The number of benzene rings is 1. The Labute approximate surface area is 117 Å². The van der Waals surface area contributed by atoms with Crippen LogP contribution in [0.1, 0.15) is 17.4 Å². The van der Waals surface area contributed by atoms with Crippen LogP contribution in [0.25, 0.3) is 5.69 Å². The molecule has 1 unspecified atom stereocenters. The topological polar surface area (TPSA) is 50.9 Å².